The van der Waals surface area contributed by atoms with Gasteiger partial charge in [-0.2, -0.15) is 0 Å². The number of amides is 1. The number of carboxylic acid groups (broad SMARTS) is 1. The van der Waals surface area contributed by atoms with Crippen molar-refractivity contribution in [3.8, 4) is 0 Å². The number of carboxylic acids is 1. The number of aromatic nitrogens is 1. The maximum absolute atomic E-state index is 12.9. The van der Waals surface area contributed by atoms with E-state index in [0.29, 0.717) is 0 Å². The third-order valence-corrected chi connectivity index (χ3v) is 2.24. The fourth-order valence-corrected chi connectivity index (χ4v) is 1.52. The molecule has 1 heterocycles. The molecule has 110 valence electrons. The van der Waals surface area contributed by atoms with E-state index in [-0.39, 0.29) is 35.8 Å². The third-order valence-electron chi connectivity index (χ3n) is 2.24. The number of anilines is 1. The molecule has 0 fully saturated rings. The second-order valence-corrected chi connectivity index (χ2v) is 5.33. The zero-order chi connectivity index (χ0) is 15.3. The van der Waals surface area contributed by atoms with Gasteiger partial charge < -0.3 is 15.7 Å². The summed E-state index contributed by atoms with van der Waals surface area (Å²) in [4.78, 5) is 26.2. The van der Waals surface area contributed by atoms with Gasteiger partial charge in [0, 0.05) is 18.5 Å². The van der Waals surface area contributed by atoms with Crippen molar-refractivity contribution >= 4 is 17.7 Å². The molecule has 0 saturated carbocycles. The Balaban J connectivity index is 2.58. The van der Waals surface area contributed by atoms with Crippen LogP contribution in [0.5, 0.6) is 0 Å². The van der Waals surface area contributed by atoms with Crippen molar-refractivity contribution in [2.45, 2.75) is 32.7 Å². The lowest BCUT2D eigenvalue weighted by Crippen LogP contribution is -2.41. The lowest BCUT2D eigenvalue weighted by atomic mass is 10.1. The van der Waals surface area contributed by atoms with Gasteiger partial charge in [-0.15, -0.1) is 0 Å². The molecule has 0 atom stereocenters. The normalized spacial score (nSPS) is 11.0. The van der Waals surface area contributed by atoms with Crippen LogP contribution in [0.15, 0.2) is 12.3 Å². The number of nitrogens with zero attached hydrogens (tertiary/aromatic N) is 1. The number of hydrogen-bond donors (Lipinski definition) is 3. The molecule has 0 radical (unpaired) electrons. The summed E-state index contributed by atoms with van der Waals surface area (Å²) in [6, 6.07) is 0.882. The highest BCUT2D eigenvalue weighted by atomic mass is 19.1. The number of aromatic carboxylic acids is 1. The highest BCUT2D eigenvalue weighted by Gasteiger charge is 2.15. The second kappa shape index (κ2) is 6.31. The van der Waals surface area contributed by atoms with Crippen molar-refractivity contribution in [2.24, 2.45) is 0 Å². The smallest absolute Gasteiger partial charge is 0.339 e. The molecule has 1 aromatic heterocycles. The van der Waals surface area contributed by atoms with Crippen LogP contribution in [0.4, 0.5) is 10.2 Å². The molecule has 7 heteroatoms. The van der Waals surface area contributed by atoms with Gasteiger partial charge in [0.2, 0.25) is 5.91 Å². The number of halogens is 1. The van der Waals surface area contributed by atoms with E-state index in [1.54, 1.807) is 0 Å². The fourth-order valence-electron chi connectivity index (χ4n) is 1.52. The molecular weight excluding hydrogens is 265 g/mol. The summed E-state index contributed by atoms with van der Waals surface area (Å²) in [6.45, 7) is 5.80. The van der Waals surface area contributed by atoms with E-state index < -0.39 is 11.8 Å². The van der Waals surface area contributed by atoms with Gasteiger partial charge in [0.15, 0.2) is 0 Å². The van der Waals surface area contributed by atoms with Gasteiger partial charge in [-0.3, -0.25) is 4.79 Å². The zero-order valence-corrected chi connectivity index (χ0v) is 11.7. The van der Waals surface area contributed by atoms with Crippen LogP contribution >= 0.6 is 0 Å². The number of hydrogen-bond acceptors (Lipinski definition) is 4. The Labute approximate surface area is 116 Å². The van der Waals surface area contributed by atoms with E-state index in [1.807, 2.05) is 20.8 Å². The molecule has 0 aliphatic rings. The Morgan fingerprint density at radius 1 is 1.40 bits per heavy atom. The molecular formula is C13H18FN3O3. The standard InChI is InChI=1S/C13H18FN3O3/c1-13(2,3)17-10(18)4-5-15-11-9(12(19)20)6-8(14)7-16-11/h6-7H,4-5H2,1-3H3,(H,15,16)(H,17,18)(H,19,20). The first-order valence-electron chi connectivity index (χ1n) is 6.13. The number of rotatable bonds is 5. The van der Waals surface area contributed by atoms with Crippen LogP contribution in [0.3, 0.4) is 0 Å². The van der Waals surface area contributed by atoms with Crippen LogP contribution in [0.25, 0.3) is 0 Å². The Morgan fingerprint density at radius 3 is 2.60 bits per heavy atom. The molecule has 0 unspecified atom stereocenters. The molecule has 1 rings (SSSR count). The van der Waals surface area contributed by atoms with Gasteiger partial charge in [0.1, 0.15) is 17.2 Å². The average molecular weight is 283 g/mol. The summed E-state index contributed by atoms with van der Waals surface area (Å²) < 4.78 is 12.9. The summed E-state index contributed by atoms with van der Waals surface area (Å²) in [6.07, 6.45) is 1.08. The van der Waals surface area contributed by atoms with Crippen molar-refractivity contribution in [1.82, 2.24) is 10.3 Å². The summed E-state index contributed by atoms with van der Waals surface area (Å²) >= 11 is 0. The molecule has 1 aromatic rings. The summed E-state index contributed by atoms with van der Waals surface area (Å²) in [5, 5.41) is 14.4. The predicted molar refractivity (Wildman–Crippen MR) is 72.2 cm³/mol. The minimum Gasteiger partial charge on any atom is -0.478 e. The van der Waals surface area contributed by atoms with E-state index in [9.17, 15) is 14.0 Å². The Morgan fingerprint density at radius 2 is 2.05 bits per heavy atom. The summed E-state index contributed by atoms with van der Waals surface area (Å²) in [7, 11) is 0. The van der Waals surface area contributed by atoms with Gasteiger partial charge in [-0.05, 0) is 26.8 Å². The monoisotopic (exact) mass is 283 g/mol. The molecule has 0 aromatic carbocycles. The molecule has 20 heavy (non-hydrogen) atoms. The SMILES string of the molecule is CC(C)(C)NC(=O)CCNc1ncc(F)cc1C(=O)O. The maximum atomic E-state index is 12.9. The number of nitrogens with one attached hydrogen (secondary N) is 2. The van der Waals surface area contributed by atoms with Crippen LogP contribution < -0.4 is 10.6 Å². The quantitative estimate of drug-likeness (QED) is 0.764. The molecule has 0 spiro atoms. The maximum Gasteiger partial charge on any atom is 0.339 e. The van der Waals surface area contributed by atoms with Crippen molar-refractivity contribution in [3.63, 3.8) is 0 Å². The van der Waals surface area contributed by atoms with Gasteiger partial charge in [-0.25, -0.2) is 14.2 Å². The van der Waals surface area contributed by atoms with Crippen LogP contribution in [-0.2, 0) is 4.79 Å². The van der Waals surface area contributed by atoms with Crippen molar-refractivity contribution in [2.75, 3.05) is 11.9 Å². The number of carbonyl (C=O) groups is 2. The Hall–Kier alpha value is -2.18. The van der Waals surface area contributed by atoms with Crippen LogP contribution in [0, 0.1) is 5.82 Å². The average Bonchev–Trinajstić information content (AvgIpc) is 2.28. The van der Waals surface area contributed by atoms with Gasteiger partial charge in [0.25, 0.3) is 0 Å². The molecule has 1 amide bonds. The van der Waals surface area contributed by atoms with E-state index in [2.05, 4.69) is 15.6 Å². The Kier molecular flexibility index (Phi) is 5.01. The predicted octanol–water partition coefficient (Wildman–Crippen LogP) is 1.64. The highest BCUT2D eigenvalue weighted by Crippen LogP contribution is 2.13. The number of carbonyl (C=O) groups excluding carboxylic acids is 1. The second-order valence-electron chi connectivity index (χ2n) is 5.33. The van der Waals surface area contributed by atoms with Crippen molar-refractivity contribution in [3.05, 3.63) is 23.6 Å². The minimum absolute atomic E-state index is 0.0439. The molecule has 6 nitrogen and oxygen atoms in total. The third kappa shape index (κ3) is 5.21. The van der Waals surface area contributed by atoms with Gasteiger partial charge >= 0.3 is 5.97 Å². The summed E-state index contributed by atoms with van der Waals surface area (Å²) in [5.74, 6) is -2.12. The van der Waals surface area contributed by atoms with E-state index in [0.717, 1.165) is 12.3 Å². The highest BCUT2D eigenvalue weighted by molar-refractivity contribution is 5.93. The number of pyridine rings is 1. The van der Waals surface area contributed by atoms with Crippen LogP contribution in [0.1, 0.15) is 37.6 Å². The minimum atomic E-state index is -1.28. The fraction of sp³-hybridized carbons (Fsp3) is 0.462. The molecule has 3 N–H and O–H groups in total. The lowest BCUT2D eigenvalue weighted by molar-refractivity contribution is -0.122. The lowest BCUT2D eigenvalue weighted by Gasteiger charge is -2.20. The Bertz CT molecular complexity index is 512. The molecule has 0 aliphatic carbocycles. The first-order chi connectivity index (χ1) is 9.19. The van der Waals surface area contributed by atoms with Crippen molar-refractivity contribution in [1.29, 1.82) is 0 Å². The van der Waals surface area contributed by atoms with Gasteiger partial charge in [0.05, 0.1) is 6.20 Å². The van der Waals surface area contributed by atoms with E-state index in [4.69, 9.17) is 5.11 Å². The topological polar surface area (TPSA) is 91.3 Å². The molecule has 0 aliphatic heterocycles. The summed E-state index contributed by atoms with van der Waals surface area (Å²) in [5.41, 5.74) is -0.585. The van der Waals surface area contributed by atoms with E-state index in [1.165, 1.54) is 0 Å². The largest absolute Gasteiger partial charge is 0.478 e. The van der Waals surface area contributed by atoms with E-state index >= 15 is 0 Å². The first kappa shape index (κ1) is 15.9. The molecule has 0 saturated heterocycles. The molecule has 0 bridgehead atoms. The van der Waals surface area contributed by atoms with Crippen molar-refractivity contribution < 1.29 is 19.1 Å². The zero-order valence-electron chi connectivity index (χ0n) is 11.7. The van der Waals surface area contributed by atoms with Crippen LogP contribution in [0.2, 0.25) is 0 Å². The first-order valence-corrected chi connectivity index (χ1v) is 6.13. The van der Waals surface area contributed by atoms with Crippen LogP contribution in [-0.4, -0.2) is 34.1 Å². The van der Waals surface area contributed by atoms with Gasteiger partial charge in [-0.1, -0.05) is 0 Å².